The summed E-state index contributed by atoms with van der Waals surface area (Å²) in [5, 5.41) is 0.422. The second-order valence-corrected chi connectivity index (χ2v) is 10.8. The minimum Gasteiger partial charge on any atom is -0.484 e. The molecule has 3 aromatic rings. The van der Waals surface area contributed by atoms with Crippen LogP contribution in [0, 0.1) is 5.92 Å². The Balaban J connectivity index is 1.50. The van der Waals surface area contributed by atoms with E-state index in [1.165, 1.54) is 6.07 Å². The molecule has 1 aromatic heterocycles. The molecule has 2 fully saturated rings. The predicted molar refractivity (Wildman–Crippen MR) is 122 cm³/mol. The lowest BCUT2D eigenvalue weighted by Gasteiger charge is -2.13. The number of fused-ring (bicyclic) bond motifs is 1. The fourth-order valence-corrected chi connectivity index (χ4v) is 5.38. The number of hydrogen-bond donors (Lipinski definition) is 2. The Kier molecular flexibility index (Phi) is 5.23. The van der Waals surface area contributed by atoms with Crippen molar-refractivity contribution in [2.24, 2.45) is 5.92 Å². The van der Waals surface area contributed by atoms with Crippen LogP contribution in [-0.4, -0.2) is 31.0 Å². The highest BCUT2D eigenvalue weighted by Crippen LogP contribution is 2.41. The number of alkyl halides is 3. The highest BCUT2D eigenvalue weighted by molar-refractivity contribution is 7.93. The van der Waals surface area contributed by atoms with E-state index in [4.69, 9.17) is 10.5 Å². The van der Waals surface area contributed by atoms with E-state index < -0.39 is 22.8 Å². The zero-order valence-corrected chi connectivity index (χ0v) is 18.5. The summed E-state index contributed by atoms with van der Waals surface area (Å²) in [6, 6.07) is 11.8. The Morgan fingerprint density at radius 2 is 1.76 bits per heavy atom. The fraction of sp³-hybridized carbons (Fsp3) is 0.391. The fourth-order valence-electron chi connectivity index (χ4n) is 3.99. The topological polar surface area (TPSA) is 86.4 Å². The maximum Gasteiger partial charge on any atom is 0.422 e. The van der Waals surface area contributed by atoms with Gasteiger partial charge in [0.05, 0.1) is 22.1 Å². The number of aromatic nitrogens is 1. The summed E-state index contributed by atoms with van der Waals surface area (Å²) in [6.07, 6.45) is -0.881. The molecular formula is C23H24F3N3O3S. The van der Waals surface area contributed by atoms with Gasteiger partial charge in [-0.15, -0.1) is 0 Å². The van der Waals surface area contributed by atoms with Crippen molar-refractivity contribution in [3.05, 3.63) is 42.5 Å². The molecule has 10 heteroatoms. The van der Waals surface area contributed by atoms with Crippen LogP contribution < -0.4 is 15.2 Å². The summed E-state index contributed by atoms with van der Waals surface area (Å²) in [4.78, 5) is 0. The number of anilines is 2. The number of rotatable bonds is 8. The van der Waals surface area contributed by atoms with Crippen LogP contribution in [0.5, 0.6) is 5.75 Å². The zero-order valence-electron chi connectivity index (χ0n) is 17.7. The molecule has 0 unspecified atom stereocenters. The molecule has 33 heavy (non-hydrogen) atoms. The smallest absolute Gasteiger partial charge is 0.422 e. The van der Waals surface area contributed by atoms with Crippen LogP contribution in [0.4, 0.5) is 24.5 Å². The van der Waals surface area contributed by atoms with Crippen molar-refractivity contribution in [3.63, 3.8) is 0 Å². The number of nitrogen functional groups attached to an aromatic ring is 1. The third kappa shape index (κ3) is 4.75. The molecule has 0 amide bonds. The van der Waals surface area contributed by atoms with Crippen molar-refractivity contribution >= 4 is 32.3 Å². The van der Waals surface area contributed by atoms with Gasteiger partial charge in [0.2, 0.25) is 10.0 Å². The summed E-state index contributed by atoms with van der Waals surface area (Å²) in [5.41, 5.74) is 9.79. The molecule has 0 atom stereocenters. The van der Waals surface area contributed by atoms with Gasteiger partial charge in [-0.2, -0.15) is 13.2 Å². The molecule has 0 saturated heterocycles. The largest absolute Gasteiger partial charge is 0.484 e. The van der Waals surface area contributed by atoms with Gasteiger partial charge >= 0.3 is 6.18 Å². The van der Waals surface area contributed by atoms with Gasteiger partial charge in [-0.25, -0.2) is 8.42 Å². The number of nitrogens with zero attached hydrogens (tertiary/aromatic N) is 1. The molecule has 5 rings (SSSR count). The second kappa shape index (κ2) is 7.86. The molecule has 2 aliphatic carbocycles. The third-order valence-electron chi connectivity index (χ3n) is 6.00. The van der Waals surface area contributed by atoms with Gasteiger partial charge in [0.25, 0.3) is 0 Å². The maximum atomic E-state index is 12.6. The zero-order chi connectivity index (χ0) is 23.4. The number of halogens is 3. The van der Waals surface area contributed by atoms with E-state index in [0.29, 0.717) is 42.2 Å². The van der Waals surface area contributed by atoms with Crippen molar-refractivity contribution in [2.75, 3.05) is 17.1 Å². The number of nitrogens with one attached hydrogen (secondary N) is 1. The molecule has 0 radical (unpaired) electrons. The van der Waals surface area contributed by atoms with E-state index in [1.54, 1.807) is 36.4 Å². The molecule has 2 aliphatic rings. The minimum absolute atomic E-state index is 0.130. The van der Waals surface area contributed by atoms with Crippen LogP contribution in [0.3, 0.4) is 0 Å². The summed E-state index contributed by atoms with van der Waals surface area (Å²) in [5.74, 6) is 0.619. The van der Waals surface area contributed by atoms with Gasteiger partial charge in [0, 0.05) is 29.2 Å². The van der Waals surface area contributed by atoms with Crippen LogP contribution in [0.1, 0.15) is 25.7 Å². The number of nitrogens with two attached hydrogens (primary N) is 1. The van der Waals surface area contributed by atoms with E-state index in [1.807, 2.05) is 4.57 Å². The van der Waals surface area contributed by atoms with E-state index in [9.17, 15) is 21.6 Å². The Bertz CT molecular complexity index is 1290. The van der Waals surface area contributed by atoms with Crippen LogP contribution in [0.2, 0.25) is 0 Å². The molecule has 0 spiro atoms. The standard InChI is InChI=1S/C23H24F3N3O3S/c24-23(25,26)13-32-17-7-10-19-20(11-17)29(12-14-1-2-14)22(21(19)27)15-3-5-16(6-4-15)28-33(30,31)18-8-9-18/h3-7,10-11,14,18,28H,1-2,8-9,12-13,27H2. The van der Waals surface area contributed by atoms with E-state index in [2.05, 4.69) is 4.72 Å². The number of benzene rings is 2. The summed E-state index contributed by atoms with van der Waals surface area (Å²) >= 11 is 0. The average Bonchev–Trinajstić information content (AvgIpc) is 3.66. The van der Waals surface area contributed by atoms with Crippen molar-refractivity contribution < 1.29 is 26.3 Å². The van der Waals surface area contributed by atoms with Gasteiger partial charge < -0.3 is 15.0 Å². The second-order valence-electron chi connectivity index (χ2n) is 8.82. The Morgan fingerprint density at radius 1 is 1.06 bits per heavy atom. The first-order valence-corrected chi connectivity index (χ1v) is 12.4. The lowest BCUT2D eigenvalue weighted by molar-refractivity contribution is -0.153. The van der Waals surface area contributed by atoms with Crippen LogP contribution in [0.25, 0.3) is 22.2 Å². The molecule has 0 aliphatic heterocycles. The van der Waals surface area contributed by atoms with Crippen molar-refractivity contribution in [3.8, 4) is 17.0 Å². The highest BCUT2D eigenvalue weighted by Gasteiger charge is 2.35. The first kappa shape index (κ1) is 21.9. The predicted octanol–water partition coefficient (Wildman–Crippen LogP) is 5.15. The normalized spacial score (nSPS) is 16.8. The maximum absolute atomic E-state index is 12.6. The van der Waals surface area contributed by atoms with Crippen molar-refractivity contribution in [1.29, 1.82) is 0 Å². The summed E-state index contributed by atoms with van der Waals surface area (Å²) in [7, 11) is -3.36. The molecule has 1 heterocycles. The number of ether oxygens (including phenoxy) is 1. The molecule has 6 nitrogen and oxygen atoms in total. The average molecular weight is 480 g/mol. The lowest BCUT2D eigenvalue weighted by atomic mass is 10.1. The highest BCUT2D eigenvalue weighted by atomic mass is 32.2. The Labute approximate surface area is 189 Å². The first-order chi connectivity index (χ1) is 15.6. The SMILES string of the molecule is Nc1c(-c2ccc(NS(=O)(=O)C3CC3)cc2)n(CC2CC2)c2cc(OCC(F)(F)F)ccc12. The van der Waals surface area contributed by atoms with Gasteiger partial charge in [-0.05, 0) is 55.9 Å². The van der Waals surface area contributed by atoms with Crippen molar-refractivity contribution in [2.45, 2.75) is 43.7 Å². The molecule has 2 saturated carbocycles. The van der Waals surface area contributed by atoms with Gasteiger partial charge in [0.15, 0.2) is 6.61 Å². The first-order valence-electron chi connectivity index (χ1n) is 10.8. The van der Waals surface area contributed by atoms with Crippen LogP contribution in [-0.2, 0) is 16.6 Å². The molecule has 2 aromatic carbocycles. The van der Waals surface area contributed by atoms with Crippen LogP contribution in [0.15, 0.2) is 42.5 Å². The molecular weight excluding hydrogens is 455 g/mol. The third-order valence-corrected chi connectivity index (χ3v) is 7.87. The lowest BCUT2D eigenvalue weighted by Crippen LogP contribution is -2.19. The quantitative estimate of drug-likeness (QED) is 0.468. The summed E-state index contributed by atoms with van der Waals surface area (Å²) < 4.78 is 71.8. The van der Waals surface area contributed by atoms with E-state index >= 15 is 0 Å². The van der Waals surface area contributed by atoms with Crippen molar-refractivity contribution in [1.82, 2.24) is 4.57 Å². The molecule has 176 valence electrons. The van der Waals surface area contributed by atoms with Crippen LogP contribution >= 0.6 is 0 Å². The van der Waals surface area contributed by atoms with E-state index in [0.717, 1.165) is 29.5 Å². The number of sulfonamides is 1. The monoisotopic (exact) mass is 479 g/mol. The van der Waals surface area contributed by atoms with Gasteiger partial charge in [-0.3, -0.25) is 4.72 Å². The van der Waals surface area contributed by atoms with Gasteiger partial charge in [-0.1, -0.05) is 12.1 Å². The minimum atomic E-state index is -4.42. The molecule has 0 bridgehead atoms. The Hall–Kier alpha value is -2.88. The van der Waals surface area contributed by atoms with E-state index in [-0.39, 0.29) is 11.0 Å². The Morgan fingerprint density at radius 3 is 2.36 bits per heavy atom. The summed E-state index contributed by atoms with van der Waals surface area (Å²) in [6.45, 7) is -0.662. The van der Waals surface area contributed by atoms with Gasteiger partial charge in [0.1, 0.15) is 5.75 Å². The molecule has 3 N–H and O–H groups in total. The number of hydrogen-bond acceptors (Lipinski definition) is 4.